The standard InChI is InChI=1S/C12H21ClN6/c1-17(2)11-14-10(13)15-12(16-11)18(3)8-9-19-6-4-5-7-19/h4-9H2,1-3H3. The molecule has 1 aliphatic rings. The fourth-order valence-corrected chi connectivity index (χ4v) is 2.25. The summed E-state index contributed by atoms with van der Waals surface area (Å²) >= 11 is 5.94. The van der Waals surface area contributed by atoms with Crippen LogP contribution in [0.1, 0.15) is 12.8 Å². The lowest BCUT2D eigenvalue weighted by molar-refractivity contribution is 0.346. The highest BCUT2D eigenvalue weighted by Gasteiger charge is 2.14. The van der Waals surface area contributed by atoms with Gasteiger partial charge in [0.1, 0.15) is 0 Å². The molecule has 2 heterocycles. The van der Waals surface area contributed by atoms with Crippen LogP contribution in [0.25, 0.3) is 0 Å². The van der Waals surface area contributed by atoms with Gasteiger partial charge >= 0.3 is 0 Å². The molecule has 7 heteroatoms. The van der Waals surface area contributed by atoms with Gasteiger partial charge in [-0.25, -0.2) is 0 Å². The molecule has 1 fully saturated rings. The summed E-state index contributed by atoms with van der Waals surface area (Å²) in [7, 11) is 5.76. The molecule has 0 amide bonds. The smallest absolute Gasteiger partial charge is 0.231 e. The lowest BCUT2D eigenvalue weighted by atomic mass is 10.4. The van der Waals surface area contributed by atoms with Crippen molar-refractivity contribution in [3.63, 3.8) is 0 Å². The first-order chi connectivity index (χ1) is 9.06. The van der Waals surface area contributed by atoms with Crippen molar-refractivity contribution in [3.05, 3.63) is 5.28 Å². The van der Waals surface area contributed by atoms with Crippen LogP contribution in [-0.4, -0.2) is 67.2 Å². The predicted molar refractivity (Wildman–Crippen MR) is 78.1 cm³/mol. The van der Waals surface area contributed by atoms with Crippen LogP contribution in [0, 0.1) is 0 Å². The Morgan fingerprint density at radius 2 is 1.68 bits per heavy atom. The maximum Gasteiger partial charge on any atom is 0.231 e. The zero-order valence-electron chi connectivity index (χ0n) is 11.8. The van der Waals surface area contributed by atoms with E-state index in [0.29, 0.717) is 11.9 Å². The van der Waals surface area contributed by atoms with Crippen LogP contribution in [0.3, 0.4) is 0 Å². The van der Waals surface area contributed by atoms with E-state index in [4.69, 9.17) is 11.6 Å². The van der Waals surface area contributed by atoms with Crippen LogP contribution < -0.4 is 9.80 Å². The molecule has 0 saturated carbocycles. The van der Waals surface area contributed by atoms with Crippen LogP contribution in [0.5, 0.6) is 0 Å². The topological polar surface area (TPSA) is 48.4 Å². The number of likely N-dealkylation sites (N-methyl/N-ethyl adjacent to an activating group) is 1. The van der Waals surface area contributed by atoms with Crippen LogP contribution >= 0.6 is 11.6 Å². The van der Waals surface area contributed by atoms with Crippen molar-refractivity contribution in [2.24, 2.45) is 0 Å². The van der Waals surface area contributed by atoms with E-state index < -0.39 is 0 Å². The van der Waals surface area contributed by atoms with Crippen molar-refractivity contribution in [3.8, 4) is 0 Å². The number of halogens is 1. The minimum Gasteiger partial charge on any atom is -0.347 e. The molecule has 2 rings (SSSR count). The summed E-state index contributed by atoms with van der Waals surface area (Å²) in [6.45, 7) is 4.34. The molecule has 0 atom stereocenters. The Balaban J connectivity index is 1.99. The Morgan fingerprint density at radius 3 is 2.32 bits per heavy atom. The van der Waals surface area contributed by atoms with Gasteiger partial charge in [0.05, 0.1) is 0 Å². The van der Waals surface area contributed by atoms with Gasteiger partial charge in [0.2, 0.25) is 17.2 Å². The number of nitrogens with zero attached hydrogens (tertiary/aromatic N) is 6. The highest BCUT2D eigenvalue weighted by atomic mass is 35.5. The van der Waals surface area contributed by atoms with E-state index in [1.165, 1.54) is 25.9 Å². The molecular weight excluding hydrogens is 264 g/mol. The molecule has 19 heavy (non-hydrogen) atoms. The lowest BCUT2D eigenvalue weighted by Crippen LogP contribution is -2.32. The average Bonchev–Trinajstić information content (AvgIpc) is 2.88. The summed E-state index contributed by atoms with van der Waals surface area (Å²) in [4.78, 5) is 19.0. The highest BCUT2D eigenvalue weighted by Crippen LogP contribution is 2.14. The molecule has 1 aromatic heterocycles. The Kier molecular flexibility index (Phi) is 4.76. The van der Waals surface area contributed by atoms with E-state index in [-0.39, 0.29) is 5.28 Å². The second-order valence-corrected chi connectivity index (χ2v) is 5.41. The van der Waals surface area contributed by atoms with Gasteiger partial charge in [0.15, 0.2) is 0 Å². The zero-order valence-corrected chi connectivity index (χ0v) is 12.6. The first-order valence-corrected chi connectivity index (χ1v) is 6.96. The Labute approximate surface area is 119 Å². The molecular formula is C12H21ClN6. The Morgan fingerprint density at radius 1 is 1.05 bits per heavy atom. The fraction of sp³-hybridized carbons (Fsp3) is 0.750. The SMILES string of the molecule is CN(C)c1nc(Cl)nc(N(C)CCN2CCCC2)n1. The van der Waals surface area contributed by atoms with Crippen molar-refractivity contribution < 1.29 is 0 Å². The number of rotatable bonds is 5. The number of aromatic nitrogens is 3. The number of hydrogen-bond acceptors (Lipinski definition) is 6. The summed E-state index contributed by atoms with van der Waals surface area (Å²) in [6.07, 6.45) is 2.62. The van der Waals surface area contributed by atoms with Crippen molar-refractivity contribution in [2.45, 2.75) is 12.8 Å². The van der Waals surface area contributed by atoms with Crippen molar-refractivity contribution in [1.82, 2.24) is 19.9 Å². The molecule has 0 spiro atoms. The highest BCUT2D eigenvalue weighted by molar-refractivity contribution is 6.28. The minimum absolute atomic E-state index is 0.238. The predicted octanol–water partition coefficient (Wildman–Crippen LogP) is 1.12. The van der Waals surface area contributed by atoms with Gasteiger partial charge in [-0.05, 0) is 37.5 Å². The maximum atomic E-state index is 5.94. The van der Waals surface area contributed by atoms with Gasteiger partial charge in [-0.3, -0.25) is 0 Å². The monoisotopic (exact) mass is 284 g/mol. The summed E-state index contributed by atoms with van der Waals surface area (Å²) in [6, 6.07) is 0. The average molecular weight is 285 g/mol. The van der Waals surface area contributed by atoms with E-state index in [0.717, 1.165) is 13.1 Å². The molecule has 0 bridgehead atoms. The third kappa shape index (κ3) is 3.91. The summed E-state index contributed by atoms with van der Waals surface area (Å²) in [5.41, 5.74) is 0. The van der Waals surface area contributed by atoms with E-state index in [1.54, 1.807) is 0 Å². The third-order valence-corrected chi connectivity index (χ3v) is 3.45. The summed E-state index contributed by atoms with van der Waals surface area (Å²) < 4.78 is 0. The molecule has 6 nitrogen and oxygen atoms in total. The first-order valence-electron chi connectivity index (χ1n) is 6.58. The van der Waals surface area contributed by atoms with Gasteiger partial charge in [-0.1, -0.05) is 0 Å². The molecule has 0 N–H and O–H groups in total. The van der Waals surface area contributed by atoms with Crippen LogP contribution in [0.4, 0.5) is 11.9 Å². The molecule has 0 radical (unpaired) electrons. The number of hydrogen-bond donors (Lipinski definition) is 0. The number of anilines is 2. The molecule has 0 aromatic carbocycles. The van der Waals surface area contributed by atoms with Crippen molar-refractivity contribution in [1.29, 1.82) is 0 Å². The molecule has 0 aliphatic carbocycles. The van der Waals surface area contributed by atoms with E-state index in [2.05, 4.69) is 19.9 Å². The van der Waals surface area contributed by atoms with Crippen molar-refractivity contribution >= 4 is 23.5 Å². The Hall–Kier alpha value is -1.14. The second kappa shape index (κ2) is 6.34. The normalized spacial score (nSPS) is 15.8. The van der Waals surface area contributed by atoms with Gasteiger partial charge in [-0.2, -0.15) is 15.0 Å². The van der Waals surface area contributed by atoms with Gasteiger partial charge in [0, 0.05) is 34.2 Å². The van der Waals surface area contributed by atoms with Gasteiger partial charge < -0.3 is 14.7 Å². The first kappa shape index (κ1) is 14.3. The van der Waals surface area contributed by atoms with Gasteiger partial charge in [0.25, 0.3) is 0 Å². The van der Waals surface area contributed by atoms with Crippen LogP contribution in [-0.2, 0) is 0 Å². The minimum atomic E-state index is 0.238. The Bertz CT molecular complexity index is 419. The molecule has 1 aromatic rings. The molecule has 0 unspecified atom stereocenters. The second-order valence-electron chi connectivity index (χ2n) is 5.07. The van der Waals surface area contributed by atoms with E-state index in [1.807, 2.05) is 30.9 Å². The third-order valence-electron chi connectivity index (χ3n) is 3.28. The van der Waals surface area contributed by atoms with Crippen LogP contribution in [0.15, 0.2) is 0 Å². The van der Waals surface area contributed by atoms with Crippen LogP contribution in [0.2, 0.25) is 5.28 Å². The largest absolute Gasteiger partial charge is 0.347 e. The summed E-state index contributed by atoms with van der Waals surface area (Å²) in [5.74, 6) is 1.21. The lowest BCUT2D eigenvalue weighted by Gasteiger charge is -2.22. The summed E-state index contributed by atoms with van der Waals surface area (Å²) in [5, 5.41) is 0.238. The van der Waals surface area contributed by atoms with Gasteiger partial charge in [-0.15, -0.1) is 0 Å². The fourth-order valence-electron chi connectivity index (χ4n) is 2.10. The zero-order chi connectivity index (χ0) is 13.8. The molecule has 1 saturated heterocycles. The van der Waals surface area contributed by atoms with Crippen molar-refractivity contribution in [2.75, 3.05) is 57.1 Å². The molecule has 1 aliphatic heterocycles. The number of likely N-dealkylation sites (tertiary alicyclic amines) is 1. The van der Waals surface area contributed by atoms with E-state index in [9.17, 15) is 0 Å². The quantitative estimate of drug-likeness (QED) is 0.808. The molecule has 106 valence electrons. The van der Waals surface area contributed by atoms with E-state index >= 15 is 0 Å². The maximum absolute atomic E-state index is 5.94.